The van der Waals surface area contributed by atoms with Crippen LogP contribution in [0.4, 0.5) is 0 Å². The molecule has 0 bridgehead atoms. The first kappa shape index (κ1) is 14.3. The van der Waals surface area contributed by atoms with Gasteiger partial charge in [-0.1, -0.05) is 36.2 Å². The molecule has 1 aromatic carbocycles. The first-order valence-corrected chi connectivity index (χ1v) is 7.03. The van der Waals surface area contributed by atoms with Gasteiger partial charge in [0.2, 0.25) is 0 Å². The molecule has 0 aliphatic heterocycles. The highest BCUT2D eigenvalue weighted by atomic mass is 35.5. The summed E-state index contributed by atoms with van der Waals surface area (Å²) in [6.45, 7) is 3.54. The summed E-state index contributed by atoms with van der Waals surface area (Å²) < 4.78 is 0. The van der Waals surface area contributed by atoms with Crippen molar-refractivity contribution in [2.24, 2.45) is 0 Å². The summed E-state index contributed by atoms with van der Waals surface area (Å²) in [5.74, 6) is 0. The molecule has 0 unspecified atom stereocenters. The van der Waals surface area contributed by atoms with Gasteiger partial charge in [0.15, 0.2) is 0 Å². The molecular formula is C15H16Cl2N2. The van der Waals surface area contributed by atoms with Crippen LogP contribution < -0.4 is 5.32 Å². The van der Waals surface area contributed by atoms with Gasteiger partial charge in [0.1, 0.15) is 0 Å². The summed E-state index contributed by atoms with van der Waals surface area (Å²) in [4.78, 5) is 4.40. The van der Waals surface area contributed by atoms with E-state index in [0.717, 1.165) is 29.2 Å². The van der Waals surface area contributed by atoms with E-state index in [1.165, 1.54) is 5.56 Å². The number of pyridine rings is 1. The van der Waals surface area contributed by atoms with Gasteiger partial charge in [-0.05, 0) is 41.8 Å². The number of benzene rings is 1. The predicted molar refractivity (Wildman–Crippen MR) is 80.6 cm³/mol. The van der Waals surface area contributed by atoms with Crippen molar-refractivity contribution in [2.75, 3.05) is 0 Å². The maximum atomic E-state index is 6.12. The molecule has 1 N–H and O–H groups in total. The number of aromatic nitrogens is 1. The van der Waals surface area contributed by atoms with E-state index in [2.05, 4.69) is 23.3 Å². The van der Waals surface area contributed by atoms with Crippen LogP contribution in [-0.4, -0.2) is 4.98 Å². The molecule has 2 aromatic rings. The Bertz CT molecular complexity index is 556. The number of rotatable bonds is 5. The first-order chi connectivity index (χ1) is 9.20. The molecule has 0 saturated heterocycles. The van der Waals surface area contributed by atoms with Gasteiger partial charge < -0.3 is 5.32 Å². The summed E-state index contributed by atoms with van der Waals surface area (Å²) in [5.41, 5.74) is 3.36. The van der Waals surface area contributed by atoms with Gasteiger partial charge in [0, 0.05) is 29.3 Å². The molecule has 0 amide bonds. The number of halogens is 2. The van der Waals surface area contributed by atoms with E-state index < -0.39 is 0 Å². The molecule has 2 rings (SSSR count). The second kappa shape index (κ2) is 6.90. The van der Waals surface area contributed by atoms with Crippen molar-refractivity contribution < 1.29 is 0 Å². The van der Waals surface area contributed by atoms with Crippen molar-refractivity contribution in [1.29, 1.82) is 0 Å². The SMILES string of the molecule is CCc1cccnc1CNCc1cc(Cl)ccc1Cl. The quantitative estimate of drug-likeness (QED) is 0.892. The highest BCUT2D eigenvalue weighted by molar-refractivity contribution is 6.33. The molecule has 0 atom stereocenters. The first-order valence-electron chi connectivity index (χ1n) is 6.28. The van der Waals surface area contributed by atoms with Gasteiger partial charge in [-0.25, -0.2) is 0 Å². The third-order valence-corrected chi connectivity index (χ3v) is 3.58. The van der Waals surface area contributed by atoms with Crippen LogP contribution in [0.3, 0.4) is 0 Å². The molecule has 100 valence electrons. The Labute approximate surface area is 123 Å². The van der Waals surface area contributed by atoms with Crippen molar-refractivity contribution in [2.45, 2.75) is 26.4 Å². The lowest BCUT2D eigenvalue weighted by Gasteiger charge is -2.09. The number of hydrogen-bond donors (Lipinski definition) is 1. The van der Waals surface area contributed by atoms with Crippen LogP contribution in [0, 0.1) is 0 Å². The third-order valence-electron chi connectivity index (χ3n) is 2.98. The largest absolute Gasteiger partial charge is 0.307 e. The maximum absolute atomic E-state index is 6.12. The molecule has 0 radical (unpaired) electrons. The Hall–Kier alpha value is -1.09. The molecule has 0 spiro atoms. The zero-order valence-electron chi connectivity index (χ0n) is 10.8. The number of nitrogens with one attached hydrogen (secondary N) is 1. The normalized spacial score (nSPS) is 10.7. The minimum Gasteiger partial charge on any atom is -0.307 e. The van der Waals surface area contributed by atoms with Crippen LogP contribution in [-0.2, 0) is 19.5 Å². The highest BCUT2D eigenvalue weighted by Gasteiger charge is 2.03. The fraction of sp³-hybridized carbons (Fsp3) is 0.267. The Morgan fingerprint density at radius 2 is 1.95 bits per heavy atom. The van der Waals surface area contributed by atoms with Crippen LogP contribution in [0.1, 0.15) is 23.7 Å². The fourth-order valence-electron chi connectivity index (χ4n) is 1.95. The molecule has 2 nitrogen and oxygen atoms in total. The van der Waals surface area contributed by atoms with E-state index in [1.807, 2.05) is 24.4 Å². The van der Waals surface area contributed by atoms with Gasteiger partial charge >= 0.3 is 0 Å². The molecule has 0 fully saturated rings. The summed E-state index contributed by atoms with van der Waals surface area (Å²) in [6.07, 6.45) is 2.81. The third kappa shape index (κ3) is 3.93. The van der Waals surface area contributed by atoms with Crippen molar-refractivity contribution >= 4 is 23.2 Å². The summed E-state index contributed by atoms with van der Waals surface area (Å²) >= 11 is 12.1. The molecular weight excluding hydrogens is 279 g/mol. The minimum atomic E-state index is 0.680. The lowest BCUT2D eigenvalue weighted by Crippen LogP contribution is -2.15. The minimum absolute atomic E-state index is 0.680. The highest BCUT2D eigenvalue weighted by Crippen LogP contribution is 2.20. The van der Waals surface area contributed by atoms with Crippen LogP contribution in [0.15, 0.2) is 36.5 Å². The average Bonchev–Trinajstić information content (AvgIpc) is 2.43. The summed E-state index contributed by atoms with van der Waals surface area (Å²) in [6, 6.07) is 9.57. The average molecular weight is 295 g/mol. The molecule has 0 aliphatic rings. The van der Waals surface area contributed by atoms with E-state index in [4.69, 9.17) is 23.2 Å². The Morgan fingerprint density at radius 1 is 1.11 bits per heavy atom. The zero-order chi connectivity index (χ0) is 13.7. The monoisotopic (exact) mass is 294 g/mol. The number of hydrogen-bond acceptors (Lipinski definition) is 2. The van der Waals surface area contributed by atoms with Crippen LogP contribution in [0.2, 0.25) is 10.0 Å². The van der Waals surface area contributed by atoms with Crippen LogP contribution >= 0.6 is 23.2 Å². The molecule has 1 heterocycles. The van der Waals surface area contributed by atoms with E-state index in [-0.39, 0.29) is 0 Å². The smallest absolute Gasteiger partial charge is 0.0573 e. The van der Waals surface area contributed by atoms with Gasteiger partial charge in [0.25, 0.3) is 0 Å². The van der Waals surface area contributed by atoms with Gasteiger partial charge in [-0.2, -0.15) is 0 Å². The lowest BCUT2D eigenvalue weighted by molar-refractivity contribution is 0.673. The second-order valence-electron chi connectivity index (χ2n) is 4.30. The number of aryl methyl sites for hydroxylation is 1. The second-order valence-corrected chi connectivity index (χ2v) is 5.15. The predicted octanol–water partition coefficient (Wildman–Crippen LogP) is 4.24. The van der Waals surface area contributed by atoms with Crippen molar-refractivity contribution in [3.8, 4) is 0 Å². The molecule has 4 heteroatoms. The Morgan fingerprint density at radius 3 is 2.74 bits per heavy atom. The summed E-state index contributed by atoms with van der Waals surface area (Å²) in [7, 11) is 0. The van der Waals surface area contributed by atoms with Crippen LogP contribution in [0.5, 0.6) is 0 Å². The Kier molecular flexibility index (Phi) is 5.20. The molecule has 0 aliphatic carbocycles. The fourth-order valence-corrected chi connectivity index (χ4v) is 2.33. The van der Waals surface area contributed by atoms with E-state index in [0.29, 0.717) is 11.6 Å². The van der Waals surface area contributed by atoms with E-state index in [9.17, 15) is 0 Å². The molecule has 19 heavy (non-hydrogen) atoms. The van der Waals surface area contributed by atoms with Gasteiger partial charge in [-0.3, -0.25) is 4.98 Å². The maximum Gasteiger partial charge on any atom is 0.0573 e. The van der Waals surface area contributed by atoms with E-state index >= 15 is 0 Å². The zero-order valence-corrected chi connectivity index (χ0v) is 12.3. The van der Waals surface area contributed by atoms with Crippen molar-refractivity contribution in [1.82, 2.24) is 10.3 Å². The molecule has 1 aromatic heterocycles. The Balaban J connectivity index is 1.98. The standard InChI is InChI=1S/C15H16Cl2N2/c1-2-11-4-3-7-19-15(11)10-18-9-12-8-13(16)5-6-14(12)17/h3-8,18H,2,9-10H2,1H3. The summed E-state index contributed by atoms with van der Waals surface area (Å²) in [5, 5.41) is 4.79. The number of nitrogens with zero attached hydrogens (tertiary/aromatic N) is 1. The van der Waals surface area contributed by atoms with Crippen molar-refractivity contribution in [3.05, 3.63) is 63.4 Å². The van der Waals surface area contributed by atoms with E-state index in [1.54, 1.807) is 6.07 Å². The van der Waals surface area contributed by atoms with Crippen LogP contribution in [0.25, 0.3) is 0 Å². The lowest BCUT2D eigenvalue weighted by atomic mass is 10.1. The topological polar surface area (TPSA) is 24.9 Å². The van der Waals surface area contributed by atoms with Crippen molar-refractivity contribution in [3.63, 3.8) is 0 Å². The van der Waals surface area contributed by atoms with Gasteiger partial charge in [0.05, 0.1) is 5.69 Å². The molecule has 0 saturated carbocycles. The van der Waals surface area contributed by atoms with Gasteiger partial charge in [-0.15, -0.1) is 0 Å².